The summed E-state index contributed by atoms with van der Waals surface area (Å²) in [7, 11) is 1.82. The summed E-state index contributed by atoms with van der Waals surface area (Å²) in [5, 5.41) is 19.7. The standard InChI is InChI=1S/C18H26N4O2/c1-13(23)10-18(2,3)12-19-17(24)20-15-11-22(4)21-16(15)14-8-6-5-7-9-14/h5-9,11,13,23H,10,12H2,1-4H3,(H2,19,20,24). The van der Waals surface area contributed by atoms with E-state index in [0.29, 0.717) is 18.7 Å². The van der Waals surface area contributed by atoms with Crippen LogP contribution in [0.2, 0.25) is 0 Å². The molecule has 0 radical (unpaired) electrons. The first-order chi connectivity index (χ1) is 11.3. The van der Waals surface area contributed by atoms with Crippen LogP contribution in [0.25, 0.3) is 11.3 Å². The van der Waals surface area contributed by atoms with Gasteiger partial charge >= 0.3 is 6.03 Å². The van der Waals surface area contributed by atoms with Crippen molar-refractivity contribution in [3.8, 4) is 11.3 Å². The first kappa shape index (κ1) is 18.0. The van der Waals surface area contributed by atoms with E-state index in [1.807, 2.05) is 51.2 Å². The fourth-order valence-corrected chi connectivity index (χ4v) is 2.75. The molecule has 0 saturated heterocycles. The van der Waals surface area contributed by atoms with Crippen LogP contribution in [-0.2, 0) is 7.05 Å². The van der Waals surface area contributed by atoms with Gasteiger partial charge in [0.1, 0.15) is 5.69 Å². The number of aliphatic hydroxyl groups excluding tert-OH is 1. The van der Waals surface area contributed by atoms with E-state index in [1.54, 1.807) is 17.8 Å². The molecule has 0 aliphatic heterocycles. The molecule has 1 aromatic heterocycles. The Morgan fingerprint density at radius 1 is 1.33 bits per heavy atom. The number of rotatable bonds is 6. The van der Waals surface area contributed by atoms with Crippen molar-refractivity contribution in [2.75, 3.05) is 11.9 Å². The number of carbonyl (C=O) groups is 1. The summed E-state index contributed by atoms with van der Waals surface area (Å²) in [5.41, 5.74) is 2.16. The van der Waals surface area contributed by atoms with Crippen molar-refractivity contribution in [3.05, 3.63) is 36.5 Å². The largest absolute Gasteiger partial charge is 0.393 e. The van der Waals surface area contributed by atoms with Gasteiger partial charge in [-0.1, -0.05) is 44.2 Å². The lowest BCUT2D eigenvalue weighted by Gasteiger charge is -2.26. The minimum atomic E-state index is -0.395. The van der Waals surface area contributed by atoms with Crippen LogP contribution in [0.15, 0.2) is 36.5 Å². The monoisotopic (exact) mass is 330 g/mol. The van der Waals surface area contributed by atoms with Crippen molar-refractivity contribution in [2.24, 2.45) is 12.5 Å². The van der Waals surface area contributed by atoms with E-state index in [0.717, 1.165) is 11.3 Å². The zero-order chi connectivity index (χ0) is 17.7. The van der Waals surface area contributed by atoms with Crippen LogP contribution in [0.5, 0.6) is 0 Å². The molecular formula is C18H26N4O2. The molecule has 3 N–H and O–H groups in total. The molecule has 1 unspecified atom stereocenters. The predicted molar refractivity (Wildman–Crippen MR) is 95.7 cm³/mol. The van der Waals surface area contributed by atoms with Crippen molar-refractivity contribution < 1.29 is 9.90 Å². The number of hydrogen-bond donors (Lipinski definition) is 3. The highest BCUT2D eigenvalue weighted by Gasteiger charge is 2.21. The second kappa shape index (κ2) is 7.49. The second-order valence-electron chi connectivity index (χ2n) is 6.96. The minimum Gasteiger partial charge on any atom is -0.393 e. The van der Waals surface area contributed by atoms with Crippen LogP contribution >= 0.6 is 0 Å². The van der Waals surface area contributed by atoms with E-state index < -0.39 is 6.10 Å². The fraction of sp³-hybridized carbons (Fsp3) is 0.444. The molecule has 0 aliphatic carbocycles. The van der Waals surface area contributed by atoms with Gasteiger partial charge in [-0.15, -0.1) is 0 Å². The van der Waals surface area contributed by atoms with Crippen molar-refractivity contribution in [3.63, 3.8) is 0 Å². The second-order valence-corrected chi connectivity index (χ2v) is 6.96. The number of nitrogens with zero attached hydrogens (tertiary/aromatic N) is 2. The molecule has 0 fully saturated rings. The van der Waals surface area contributed by atoms with E-state index in [9.17, 15) is 9.90 Å². The van der Waals surface area contributed by atoms with Crippen LogP contribution in [0.4, 0.5) is 10.5 Å². The number of aliphatic hydroxyl groups is 1. The lowest BCUT2D eigenvalue weighted by Crippen LogP contribution is -2.38. The van der Waals surface area contributed by atoms with Gasteiger partial charge in [-0.3, -0.25) is 4.68 Å². The molecule has 0 spiro atoms. The Hall–Kier alpha value is -2.34. The summed E-state index contributed by atoms with van der Waals surface area (Å²) in [4.78, 5) is 12.2. The Labute approximate surface area is 142 Å². The third-order valence-corrected chi connectivity index (χ3v) is 3.70. The molecule has 24 heavy (non-hydrogen) atoms. The smallest absolute Gasteiger partial charge is 0.319 e. The van der Waals surface area contributed by atoms with Gasteiger partial charge in [0.25, 0.3) is 0 Å². The summed E-state index contributed by atoms with van der Waals surface area (Å²) in [6, 6.07) is 9.45. The Kier molecular flexibility index (Phi) is 5.62. The molecule has 0 saturated carbocycles. The van der Waals surface area contributed by atoms with Gasteiger partial charge in [0, 0.05) is 25.4 Å². The number of aryl methyl sites for hydroxylation is 1. The first-order valence-corrected chi connectivity index (χ1v) is 8.09. The van der Waals surface area contributed by atoms with E-state index in [1.165, 1.54) is 0 Å². The lowest BCUT2D eigenvalue weighted by atomic mass is 9.87. The zero-order valence-corrected chi connectivity index (χ0v) is 14.7. The Bertz CT molecular complexity index is 678. The topological polar surface area (TPSA) is 79.2 Å². The van der Waals surface area contributed by atoms with E-state index in [2.05, 4.69) is 15.7 Å². The maximum atomic E-state index is 12.2. The number of amides is 2. The van der Waals surface area contributed by atoms with E-state index in [4.69, 9.17) is 0 Å². The van der Waals surface area contributed by atoms with Crippen LogP contribution in [0.3, 0.4) is 0 Å². The number of nitrogens with one attached hydrogen (secondary N) is 2. The Morgan fingerprint density at radius 3 is 2.62 bits per heavy atom. The first-order valence-electron chi connectivity index (χ1n) is 8.09. The van der Waals surface area contributed by atoms with Crippen molar-refractivity contribution >= 4 is 11.7 Å². The van der Waals surface area contributed by atoms with Gasteiger partial charge in [0.2, 0.25) is 0 Å². The Balaban J connectivity index is 2.03. The molecule has 2 rings (SSSR count). The molecule has 130 valence electrons. The van der Waals surface area contributed by atoms with Crippen molar-refractivity contribution in [2.45, 2.75) is 33.3 Å². The number of urea groups is 1. The molecule has 0 aliphatic rings. The molecule has 6 heteroatoms. The number of aromatic nitrogens is 2. The van der Waals surface area contributed by atoms with Crippen LogP contribution < -0.4 is 10.6 Å². The predicted octanol–water partition coefficient (Wildman–Crippen LogP) is 3.01. The molecule has 1 heterocycles. The van der Waals surface area contributed by atoms with Crippen molar-refractivity contribution in [1.82, 2.24) is 15.1 Å². The third kappa shape index (κ3) is 5.09. The Morgan fingerprint density at radius 2 is 2.00 bits per heavy atom. The summed E-state index contributed by atoms with van der Waals surface area (Å²) >= 11 is 0. The molecule has 1 aromatic carbocycles. The fourth-order valence-electron chi connectivity index (χ4n) is 2.75. The maximum Gasteiger partial charge on any atom is 0.319 e. The molecule has 6 nitrogen and oxygen atoms in total. The van der Waals surface area contributed by atoms with Gasteiger partial charge in [-0.2, -0.15) is 5.10 Å². The zero-order valence-electron chi connectivity index (χ0n) is 14.7. The highest BCUT2D eigenvalue weighted by Crippen LogP contribution is 2.26. The number of anilines is 1. The third-order valence-electron chi connectivity index (χ3n) is 3.70. The number of hydrogen-bond acceptors (Lipinski definition) is 3. The average molecular weight is 330 g/mol. The number of benzene rings is 1. The van der Waals surface area contributed by atoms with Crippen LogP contribution in [0.1, 0.15) is 27.2 Å². The summed E-state index contributed by atoms with van der Waals surface area (Å²) in [6.45, 7) is 6.26. The van der Waals surface area contributed by atoms with Gasteiger partial charge < -0.3 is 15.7 Å². The van der Waals surface area contributed by atoms with Gasteiger partial charge in [-0.25, -0.2) is 4.79 Å². The van der Waals surface area contributed by atoms with Gasteiger partial charge in [-0.05, 0) is 18.8 Å². The molecule has 2 aromatic rings. The minimum absolute atomic E-state index is 0.178. The van der Waals surface area contributed by atoms with Gasteiger partial charge in [0.15, 0.2) is 0 Å². The van der Waals surface area contributed by atoms with E-state index >= 15 is 0 Å². The molecular weight excluding hydrogens is 304 g/mol. The van der Waals surface area contributed by atoms with Crippen LogP contribution in [-0.4, -0.2) is 33.6 Å². The normalized spacial score (nSPS) is 12.7. The summed E-state index contributed by atoms with van der Waals surface area (Å²) in [6.07, 6.45) is 2.01. The lowest BCUT2D eigenvalue weighted by molar-refractivity contribution is 0.129. The highest BCUT2D eigenvalue weighted by molar-refractivity contribution is 5.93. The van der Waals surface area contributed by atoms with Crippen LogP contribution in [0, 0.1) is 5.41 Å². The number of carbonyl (C=O) groups excluding carboxylic acids is 1. The quantitative estimate of drug-likeness (QED) is 0.762. The van der Waals surface area contributed by atoms with Gasteiger partial charge in [0.05, 0.1) is 11.8 Å². The van der Waals surface area contributed by atoms with Crippen molar-refractivity contribution in [1.29, 1.82) is 0 Å². The molecule has 0 bridgehead atoms. The maximum absolute atomic E-state index is 12.2. The summed E-state index contributed by atoms with van der Waals surface area (Å²) in [5.74, 6) is 0. The molecule has 1 atom stereocenters. The van der Waals surface area contributed by atoms with E-state index in [-0.39, 0.29) is 11.4 Å². The molecule has 2 amide bonds. The summed E-state index contributed by atoms with van der Waals surface area (Å²) < 4.78 is 1.68. The average Bonchev–Trinajstić information content (AvgIpc) is 2.85. The SMILES string of the molecule is CC(O)CC(C)(C)CNC(=O)Nc1cn(C)nc1-c1ccccc1. The highest BCUT2D eigenvalue weighted by atomic mass is 16.3.